The molecule has 1 aromatic rings. The van der Waals surface area contributed by atoms with Crippen LogP contribution in [0.5, 0.6) is 0 Å². The lowest BCUT2D eigenvalue weighted by Crippen LogP contribution is -2.49. The molecule has 1 amide bonds. The van der Waals surface area contributed by atoms with Crippen molar-refractivity contribution in [1.29, 1.82) is 0 Å². The zero-order chi connectivity index (χ0) is 13.5. The summed E-state index contributed by atoms with van der Waals surface area (Å²) in [6, 6.07) is 1.81. The molecule has 0 N–H and O–H groups in total. The van der Waals surface area contributed by atoms with Crippen LogP contribution in [0.4, 0.5) is 5.95 Å². The second-order valence-corrected chi connectivity index (χ2v) is 4.94. The highest BCUT2D eigenvalue weighted by molar-refractivity contribution is 6.17. The molecule has 0 spiro atoms. The molecule has 1 aliphatic rings. The molecule has 1 aromatic heterocycles. The van der Waals surface area contributed by atoms with Gasteiger partial charge in [0.15, 0.2) is 0 Å². The van der Waals surface area contributed by atoms with Crippen molar-refractivity contribution < 1.29 is 4.79 Å². The number of anilines is 1. The first-order valence-corrected chi connectivity index (χ1v) is 7.20. The molecular formula is C13H19ClN4O. The molecule has 1 saturated heterocycles. The maximum atomic E-state index is 11.9. The van der Waals surface area contributed by atoms with Gasteiger partial charge in [-0.05, 0) is 18.9 Å². The Morgan fingerprint density at radius 1 is 1.16 bits per heavy atom. The van der Waals surface area contributed by atoms with E-state index in [2.05, 4.69) is 14.9 Å². The van der Waals surface area contributed by atoms with E-state index < -0.39 is 0 Å². The topological polar surface area (TPSA) is 49.3 Å². The van der Waals surface area contributed by atoms with Crippen LogP contribution in [0.25, 0.3) is 0 Å². The number of hydrogen-bond donors (Lipinski definition) is 0. The van der Waals surface area contributed by atoms with Gasteiger partial charge in [0.25, 0.3) is 0 Å². The SMILES string of the molecule is O=C(CCCCCl)N1CCN(c2ncccn2)CC1. The first kappa shape index (κ1) is 14.1. The quantitative estimate of drug-likeness (QED) is 0.607. The molecule has 2 rings (SSSR count). The average molecular weight is 283 g/mol. The van der Waals surface area contributed by atoms with Crippen LogP contribution >= 0.6 is 11.6 Å². The lowest BCUT2D eigenvalue weighted by molar-refractivity contribution is -0.131. The molecule has 6 heteroatoms. The van der Waals surface area contributed by atoms with Crippen molar-refractivity contribution in [3.05, 3.63) is 18.5 Å². The van der Waals surface area contributed by atoms with E-state index in [0.717, 1.165) is 45.0 Å². The Kier molecular flexibility index (Phi) is 5.39. The standard InChI is InChI=1S/C13H19ClN4O/c14-5-2-1-4-12(19)17-8-10-18(11-9-17)13-15-6-3-7-16-13/h3,6-7H,1-2,4-5,8-11H2. The number of unbranched alkanes of at least 4 members (excludes halogenated alkanes) is 1. The van der Waals surface area contributed by atoms with Crippen molar-refractivity contribution in [3.63, 3.8) is 0 Å². The van der Waals surface area contributed by atoms with Crippen LogP contribution in [0, 0.1) is 0 Å². The van der Waals surface area contributed by atoms with Crippen LogP contribution < -0.4 is 4.90 Å². The number of hydrogen-bond acceptors (Lipinski definition) is 4. The molecule has 5 nitrogen and oxygen atoms in total. The van der Waals surface area contributed by atoms with E-state index in [9.17, 15) is 4.79 Å². The van der Waals surface area contributed by atoms with Gasteiger partial charge in [-0.2, -0.15) is 0 Å². The first-order chi connectivity index (χ1) is 9.31. The largest absolute Gasteiger partial charge is 0.339 e. The van der Waals surface area contributed by atoms with Gasteiger partial charge in [0.1, 0.15) is 0 Å². The smallest absolute Gasteiger partial charge is 0.225 e. The van der Waals surface area contributed by atoms with Gasteiger partial charge < -0.3 is 9.80 Å². The third kappa shape index (κ3) is 4.06. The summed E-state index contributed by atoms with van der Waals surface area (Å²) in [7, 11) is 0. The number of nitrogens with zero attached hydrogens (tertiary/aromatic N) is 4. The second kappa shape index (κ2) is 7.28. The van der Waals surface area contributed by atoms with Crippen LogP contribution in [0.1, 0.15) is 19.3 Å². The fourth-order valence-corrected chi connectivity index (χ4v) is 2.33. The van der Waals surface area contributed by atoms with Gasteiger partial charge in [-0.3, -0.25) is 4.79 Å². The monoisotopic (exact) mass is 282 g/mol. The van der Waals surface area contributed by atoms with Crippen molar-refractivity contribution in [2.24, 2.45) is 0 Å². The predicted octanol–water partition coefficient (Wildman–Crippen LogP) is 1.53. The van der Waals surface area contributed by atoms with Gasteiger partial charge >= 0.3 is 0 Å². The lowest BCUT2D eigenvalue weighted by atomic mass is 10.2. The lowest BCUT2D eigenvalue weighted by Gasteiger charge is -2.34. The second-order valence-electron chi connectivity index (χ2n) is 4.56. The number of piperazine rings is 1. The summed E-state index contributed by atoms with van der Waals surface area (Å²) in [5.74, 6) is 1.61. The molecule has 0 bridgehead atoms. The van der Waals surface area contributed by atoms with E-state index in [-0.39, 0.29) is 5.91 Å². The van der Waals surface area contributed by atoms with Crippen LogP contribution in [-0.2, 0) is 4.79 Å². The van der Waals surface area contributed by atoms with Crippen molar-refractivity contribution >= 4 is 23.5 Å². The van der Waals surface area contributed by atoms with E-state index in [4.69, 9.17) is 11.6 Å². The maximum Gasteiger partial charge on any atom is 0.225 e. The Balaban J connectivity index is 1.77. The van der Waals surface area contributed by atoms with Crippen LogP contribution in [0.3, 0.4) is 0 Å². The van der Waals surface area contributed by atoms with Crippen molar-refractivity contribution in [2.45, 2.75) is 19.3 Å². The van der Waals surface area contributed by atoms with Gasteiger partial charge in [0, 0.05) is 50.9 Å². The molecule has 2 heterocycles. The highest BCUT2D eigenvalue weighted by Crippen LogP contribution is 2.11. The molecule has 0 aromatic carbocycles. The molecule has 0 aliphatic carbocycles. The number of carbonyl (C=O) groups is 1. The van der Waals surface area contributed by atoms with Crippen molar-refractivity contribution in [2.75, 3.05) is 37.0 Å². The van der Waals surface area contributed by atoms with Crippen molar-refractivity contribution in [3.8, 4) is 0 Å². The molecule has 1 fully saturated rings. The van der Waals surface area contributed by atoms with Crippen LogP contribution in [0.2, 0.25) is 0 Å². The third-order valence-corrected chi connectivity index (χ3v) is 3.51. The van der Waals surface area contributed by atoms with Crippen LogP contribution in [-0.4, -0.2) is 52.8 Å². The minimum absolute atomic E-state index is 0.235. The van der Waals surface area contributed by atoms with Gasteiger partial charge in [-0.25, -0.2) is 9.97 Å². The van der Waals surface area contributed by atoms with E-state index in [0.29, 0.717) is 12.3 Å². The Morgan fingerprint density at radius 2 is 1.84 bits per heavy atom. The summed E-state index contributed by atoms with van der Waals surface area (Å²) in [6.07, 6.45) is 5.88. The molecule has 104 valence electrons. The number of aromatic nitrogens is 2. The third-order valence-electron chi connectivity index (χ3n) is 3.24. The van der Waals surface area contributed by atoms with Gasteiger partial charge in [-0.1, -0.05) is 0 Å². The summed E-state index contributed by atoms with van der Waals surface area (Å²) in [4.78, 5) is 24.4. The van der Waals surface area contributed by atoms with E-state index >= 15 is 0 Å². The molecule has 0 unspecified atom stereocenters. The summed E-state index contributed by atoms with van der Waals surface area (Å²) < 4.78 is 0. The summed E-state index contributed by atoms with van der Waals surface area (Å²) in [5.41, 5.74) is 0. The molecule has 1 aliphatic heterocycles. The number of alkyl halides is 1. The van der Waals surface area contributed by atoms with E-state index in [1.807, 2.05) is 4.90 Å². The number of amides is 1. The summed E-state index contributed by atoms with van der Waals surface area (Å²) in [6.45, 7) is 3.09. The van der Waals surface area contributed by atoms with E-state index in [1.54, 1.807) is 18.5 Å². The molecule has 0 saturated carbocycles. The number of rotatable bonds is 5. The Bertz CT molecular complexity index is 393. The Hall–Kier alpha value is -1.36. The summed E-state index contributed by atoms with van der Waals surface area (Å²) in [5, 5.41) is 0. The zero-order valence-corrected chi connectivity index (χ0v) is 11.7. The highest BCUT2D eigenvalue weighted by atomic mass is 35.5. The van der Waals surface area contributed by atoms with Crippen LogP contribution in [0.15, 0.2) is 18.5 Å². The fraction of sp³-hybridized carbons (Fsp3) is 0.615. The Morgan fingerprint density at radius 3 is 2.47 bits per heavy atom. The molecule has 0 atom stereocenters. The fourth-order valence-electron chi connectivity index (χ4n) is 2.14. The molecular weight excluding hydrogens is 264 g/mol. The van der Waals surface area contributed by atoms with Crippen molar-refractivity contribution in [1.82, 2.24) is 14.9 Å². The average Bonchev–Trinajstić information content (AvgIpc) is 2.48. The minimum Gasteiger partial charge on any atom is -0.339 e. The maximum absolute atomic E-state index is 11.9. The Labute approximate surface area is 118 Å². The molecule has 0 radical (unpaired) electrons. The van der Waals surface area contributed by atoms with Gasteiger partial charge in [0.2, 0.25) is 11.9 Å². The zero-order valence-electron chi connectivity index (χ0n) is 11.0. The summed E-state index contributed by atoms with van der Waals surface area (Å²) >= 11 is 5.61. The first-order valence-electron chi connectivity index (χ1n) is 6.67. The van der Waals surface area contributed by atoms with Gasteiger partial charge in [0.05, 0.1) is 0 Å². The number of halogens is 1. The van der Waals surface area contributed by atoms with Gasteiger partial charge in [-0.15, -0.1) is 11.6 Å². The highest BCUT2D eigenvalue weighted by Gasteiger charge is 2.21. The number of carbonyl (C=O) groups excluding carboxylic acids is 1. The van der Waals surface area contributed by atoms with E-state index in [1.165, 1.54) is 0 Å². The predicted molar refractivity (Wildman–Crippen MR) is 75.4 cm³/mol. The molecule has 19 heavy (non-hydrogen) atoms. The normalized spacial score (nSPS) is 15.6. The minimum atomic E-state index is 0.235.